The molecule has 0 aromatic heterocycles. The van der Waals surface area contributed by atoms with Crippen LogP contribution in [0.5, 0.6) is 0 Å². The third-order valence-electron chi connectivity index (χ3n) is 4.45. The Morgan fingerprint density at radius 1 is 1.32 bits per heavy atom. The van der Waals surface area contributed by atoms with Crippen molar-refractivity contribution in [2.24, 2.45) is 11.3 Å². The zero-order valence-corrected chi connectivity index (χ0v) is 13.8. The van der Waals surface area contributed by atoms with E-state index in [-0.39, 0.29) is 5.41 Å². The van der Waals surface area contributed by atoms with Gasteiger partial charge in [0.05, 0.1) is 5.60 Å². The minimum Gasteiger partial charge on any atom is -0.389 e. The second kappa shape index (κ2) is 5.57. The molecule has 2 heteroatoms. The molecular weight excluding hydrogens is 300 g/mol. The Kier molecular flexibility index (Phi) is 4.42. The highest BCUT2D eigenvalue weighted by Crippen LogP contribution is 2.45. The molecule has 1 nitrogen and oxygen atoms in total. The molecule has 0 amide bonds. The zero-order chi connectivity index (χ0) is 14.1. The van der Waals surface area contributed by atoms with Crippen LogP contribution in [0.3, 0.4) is 0 Å². The Labute approximate surface area is 125 Å². The Hall–Kier alpha value is -0.340. The first-order valence-electron chi connectivity index (χ1n) is 7.28. The monoisotopic (exact) mass is 324 g/mol. The molecule has 2 unspecified atom stereocenters. The van der Waals surface area contributed by atoms with Crippen molar-refractivity contribution in [3.05, 3.63) is 34.3 Å². The van der Waals surface area contributed by atoms with Gasteiger partial charge in [0.25, 0.3) is 0 Å². The van der Waals surface area contributed by atoms with Gasteiger partial charge in [-0.1, -0.05) is 61.7 Å². The van der Waals surface area contributed by atoms with E-state index in [1.807, 2.05) is 6.07 Å². The van der Waals surface area contributed by atoms with Crippen molar-refractivity contribution in [1.29, 1.82) is 0 Å². The van der Waals surface area contributed by atoms with E-state index in [1.165, 1.54) is 12.0 Å². The number of halogens is 1. The third-order valence-corrected chi connectivity index (χ3v) is 4.94. The summed E-state index contributed by atoms with van der Waals surface area (Å²) in [5.41, 5.74) is 0.853. The minimum atomic E-state index is -0.544. The van der Waals surface area contributed by atoms with Gasteiger partial charge in [-0.05, 0) is 41.9 Å². The summed E-state index contributed by atoms with van der Waals surface area (Å²) in [6.45, 7) is 6.78. The van der Waals surface area contributed by atoms with Crippen molar-refractivity contribution in [3.63, 3.8) is 0 Å². The van der Waals surface area contributed by atoms with E-state index < -0.39 is 5.60 Å². The summed E-state index contributed by atoms with van der Waals surface area (Å²) in [6.07, 6.45) is 5.25. The molecule has 0 bridgehead atoms. The van der Waals surface area contributed by atoms with Crippen LogP contribution in [0.1, 0.15) is 52.0 Å². The van der Waals surface area contributed by atoms with Crippen LogP contribution in [0.25, 0.3) is 0 Å². The molecule has 1 aromatic carbocycles. The molecule has 1 aromatic rings. The van der Waals surface area contributed by atoms with Crippen molar-refractivity contribution < 1.29 is 5.11 Å². The van der Waals surface area contributed by atoms with Crippen LogP contribution in [0.15, 0.2) is 28.7 Å². The molecular formula is C17H25BrO. The number of hydrogen-bond acceptors (Lipinski definition) is 1. The standard InChI is InChI=1S/C17H25BrO/c1-16(2,3)15-9-4-5-10-17(15,19)12-13-7-6-8-14(18)11-13/h6-8,11,15,19H,4-5,9-10,12H2,1-3H3. The van der Waals surface area contributed by atoms with E-state index in [4.69, 9.17) is 0 Å². The highest BCUT2D eigenvalue weighted by Gasteiger charge is 2.44. The van der Waals surface area contributed by atoms with Crippen LogP contribution in [0.2, 0.25) is 0 Å². The van der Waals surface area contributed by atoms with Gasteiger partial charge in [0.2, 0.25) is 0 Å². The topological polar surface area (TPSA) is 20.2 Å². The van der Waals surface area contributed by atoms with Gasteiger partial charge >= 0.3 is 0 Å². The quantitative estimate of drug-likeness (QED) is 0.815. The largest absolute Gasteiger partial charge is 0.389 e. The molecule has 0 radical (unpaired) electrons. The lowest BCUT2D eigenvalue weighted by atomic mass is 9.62. The molecule has 2 atom stereocenters. The second-order valence-corrected chi connectivity index (χ2v) is 7.99. The predicted molar refractivity (Wildman–Crippen MR) is 84.2 cm³/mol. The molecule has 0 saturated heterocycles. The van der Waals surface area contributed by atoms with E-state index in [9.17, 15) is 5.11 Å². The van der Waals surface area contributed by atoms with Gasteiger partial charge in [0.15, 0.2) is 0 Å². The fourth-order valence-corrected chi connectivity index (χ4v) is 4.12. The van der Waals surface area contributed by atoms with E-state index in [0.29, 0.717) is 5.92 Å². The SMILES string of the molecule is CC(C)(C)C1CCCCC1(O)Cc1cccc(Br)c1. The van der Waals surface area contributed by atoms with Crippen molar-refractivity contribution in [2.45, 2.75) is 58.5 Å². The van der Waals surface area contributed by atoms with Crippen molar-refractivity contribution in [2.75, 3.05) is 0 Å². The van der Waals surface area contributed by atoms with Gasteiger partial charge in [0.1, 0.15) is 0 Å². The Balaban J connectivity index is 2.23. The fraction of sp³-hybridized carbons (Fsp3) is 0.647. The van der Waals surface area contributed by atoms with Gasteiger partial charge < -0.3 is 5.11 Å². The Morgan fingerprint density at radius 3 is 2.68 bits per heavy atom. The maximum atomic E-state index is 11.2. The molecule has 0 heterocycles. The van der Waals surface area contributed by atoms with E-state index in [2.05, 4.69) is 54.9 Å². The van der Waals surface area contributed by atoms with Gasteiger partial charge in [-0.3, -0.25) is 0 Å². The van der Waals surface area contributed by atoms with Gasteiger partial charge in [-0.2, -0.15) is 0 Å². The summed E-state index contributed by atoms with van der Waals surface area (Å²) >= 11 is 3.52. The summed E-state index contributed by atoms with van der Waals surface area (Å²) in [6, 6.07) is 8.34. The third kappa shape index (κ3) is 3.61. The summed E-state index contributed by atoms with van der Waals surface area (Å²) in [7, 11) is 0. The van der Waals surface area contributed by atoms with Gasteiger partial charge in [-0.15, -0.1) is 0 Å². The fourth-order valence-electron chi connectivity index (χ4n) is 3.67. The molecule has 2 rings (SSSR count). The number of aliphatic hydroxyl groups is 1. The molecule has 106 valence electrons. The molecule has 1 saturated carbocycles. The van der Waals surface area contributed by atoms with E-state index in [0.717, 1.165) is 30.2 Å². The molecule has 1 aliphatic carbocycles. The number of rotatable bonds is 2. The predicted octanol–water partition coefficient (Wildman–Crippen LogP) is 4.96. The average Bonchev–Trinajstić information content (AvgIpc) is 2.27. The van der Waals surface area contributed by atoms with Crippen LogP contribution in [-0.4, -0.2) is 10.7 Å². The lowest BCUT2D eigenvalue weighted by Gasteiger charge is -2.47. The van der Waals surface area contributed by atoms with Crippen LogP contribution >= 0.6 is 15.9 Å². The smallest absolute Gasteiger partial charge is 0.0720 e. The van der Waals surface area contributed by atoms with Crippen LogP contribution in [-0.2, 0) is 6.42 Å². The van der Waals surface area contributed by atoms with Crippen molar-refractivity contribution in [1.82, 2.24) is 0 Å². The maximum absolute atomic E-state index is 11.2. The van der Waals surface area contributed by atoms with Gasteiger partial charge in [-0.25, -0.2) is 0 Å². The first-order valence-corrected chi connectivity index (χ1v) is 8.07. The molecule has 19 heavy (non-hydrogen) atoms. The van der Waals surface area contributed by atoms with Crippen LogP contribution in [0.4, 0.5) is 0 Å². The highest BCUT2D eigenvalue weighted by molar-refractivity contribution is 9.10. The molecule has 1 N–H and O–H groups in total. The van der Waals surface area contributed by atoms with E-state index in [1.54, 1.807) is 0 Å². The van der Waals surface area contributed by atoms with Crippen molar-refractivity contribution in [3.8, 4) is 0 Å². The summed E-state index contributed by atoms with van der Waals surface area (Å²) < 4.78 is 1.09. The normalized spacial score (nSPS) is 28.4. The van der Waals surface area contributed by atoms with Crippen LogP contribution < -0.4 is 0 Å². The number of hydrogen-bond donors (Lipinski definition) is 1. The van der Waals surface area contributed by atoms with Gasteiger partial charge in [0, 0.05) is 10.9 Å². The second-order valence-electron chi connectivity index (χ2n) is 7.07. The molecule has 0 aliphatic heterocycles. The molecule has 1 fully saturated rings. The Bertz CT molecular complexity index is 435. The lowest BCUT2D eigenvalue weighted by Crippen LogP contribution is -2.48. The molecule has 1 aliphatic rings. The number of benzene rings is 1. The lowest BCUT2D eigenvalue weighted by molar-refractivity contribution is -0.0889. The summed E-state index contributed by atoms with van der Waals surface area (Å²) in [4.78, 5) is 0. The minimum absolute atomic E-state index is 0.168. The first kappa shape index (κ1) is 15.1. The van der Waals surface area contributed by atoms with Crippen molar-refractivity contribution >= 4 is 15.9 Å². The zero-order valence-electron chi connectivity index (χ0n) is 12.2. The highest BCUT2D eigenvalue weighted by atomic mass is 79.9. The molecule has 0 spiro atoms. The van der Waals surface area contributed by atoms with E-state index >= 15 is 0 Å². The van der Waals surface area contributed by atoms with Crippen LogP contribution in [0, 0.1) is 11.3 Å². The average molecular weight is 325 g/mol. The summed E-state index contributed by atoms with van der Waals surface area (Å²) in [5, 5.41) is 11.2. The first-order chi connectivity index (χ1) is 8.81. The summed E-state index contributed by atoms with van der Waals surface area (Å²) in [5.74, 6) is 0.382. The maximum Gasteiger partial charge on any atom is 0.0720 e. The Morgan fingerprint density at radius 2 is 2.05 bits per heavy atom.